The summed E-state index contributed by atoms with van der Waals surface area (Å²) in [6.07, 6.45) is 2.86. The summed E-state index contributed by atoms with van der Waals surface area (Å²) in [6.45, 7) is 0.457. The molecular formula is C13H13N3O2. The van der Waals surface area contributed by atoms with Crippen LogP contribution >= 0.6 is 0 Å². The summed E-state index contributed by atoms with van der Waals surface area (Å²) in [5.74, 6) is 0.0487. The zero-order chi connectivity index (χ0) is 12.8. The van der Waals surface area contributed by atoms with E-state index in [0.717, 1.165) is 5.56 Å². The minimum atomic E-state index is -0.273. The molecule has 0 unspecified atom stereocenters. The predicted molar refractivity (Wildman–Crippen MR) is 66.2 cm³/mol. The largest absolute Gasteiger partial charge is 0.480 e. The number of amides is 1. The number of carbonyl (C=O) groups excluding carboxylic acids is 1. The molecule has 0 atom stereocenters. The number of benzene rings is 1. The summed E-state index contributed by atoms with van der Waals surface area (Å²) in [4.78, 5) is 19.7. The Hall–Kier alpha value is -2.43. The Labute approximate surface area is 105 Å². The zero-order valence-electron chi connectivity index (χ0n) is 9.96. The molecule has 5 nitrogen and oxygen atoms in total. The lowest BCUT2D eigenvalue weighted by Gasteiger charge is -2.05. The molecule has 1 heterocycles. The Morgan fingerprint density at radius 3 is 2.78 bits per heavy atom. The highest BCUT2D eigenvalue weighted by molar-refractivity contribution is 5.91. The summed E-state index contributed by atoms with van der Waals surface area (Å²) in [5.41, 5.74) is 1.27. The van der Waals surface area contributed by atoms with E-state index in [-0.39, 0.29) is 11.6 Å². The number of aromatic nitrogens is 2. The minimum absolute atomic E-state index is 0.241. The Bertz CT molecular complexity index is 529. The molecule has 1 aromatic carbocycles. The van der Waals surface area contributed by atoms with E-state index in [1.54, 1.807) is 0 Å². The highest BCUT2D eigenvalue weighted by Crippen LogP contribution is 2.04. The second-order valence-corrected chi connectivity index (χ2v) is 3.61. The van der Waals surface area contributed by atoms with Crippen LogP contribution in [-0.4, -0.2) is 23.0 Å². The number of rotatable bonds is 4. The molecule has 1 N–H and O–H groups in total. The maximum Gasteiger partial charge on any atom is 0.271 e. The van der Waals surface area contributed by atoms with Gasteiger partial charge in [0.1, 0.15) is 5.69 Å². The van der Waals surface area contributed by atoms with Gasteiger partial charge in [0.15, 0.2) is 0 Å². The average Bonchev–Trinajstić information content (AvgIpc) is 2.46. The van der Waals surface area contributed by atoms with Crippen LogP contribution in [0.5, 0.6) is 5.88 Å². The molecule has 0 spiro atoms. The molecule has 92 valence electrons. The fraction of sp³-hybridized carbons (Fsp3) is 0.154. The average molecular weight is 243 g/mol. The van der Waals surface area contributed by atoms with Gasteiger partial charge in [0.2, 0.25) is 5.88 Å². The van der Waals surface area contributed by atoms with Crippen molar-refractivity contribution in [2.24, 2.45) is 0 Å². The van der Waals surface area contributed by atoms with Gasteiger partial charge < -0.3 is 10.1 Å². The highest BCUT2D eigenvalue weighted by Gasteiger charge is 2.08. The van der Waals surface area contributed by atoms with Gasteiger partial charge in [-0.1, -0.05) is 30.3 Å². The van der Waals surface area contributed by atoms with E-state index in [2.05, 4.69) is 15.3 Å². The second-order valence-electron chi connectivity index (χ2n) is 3.61. The number of carbonyl (C=O) groups is 1. The van der Waals surface area contributed by atoms with Crippen LogP contribution in [0.3, 0.4) is 0 Å². The molecule has 0 aliphatic carbocycles. The Morgan fingerprint density at radius 1 is 1.28 bits per heavy atom. The lowest BCUT2D eigenvalue weighted by atomic mass is 10.2. The van der Waals surface area contributed by atoms with Crippen molar-refractivity contribution in [2.45, 2.75) is 6.54 Å². The fourth-order valence-corrected chi connectivity index (χ4v) is 1.42. The SMILES string of the molecule is COc1cncc(C(=O)NCc2ccccc2)n1. The van der Waals surface area contributed by atoms with Crippen molar-refractivity contribution in [1.82, 2.24) is 15.3 Å². The topological polar surface area (TPSA) is 64.1 Å². The van der Waals surface area contributed by atoms with Crippen LogP contribution in [0.4, 0.5) is 0 Å². The standard InChI is InChI=1S/C13H13N3O2/c1-18-12-9-14-8-11(16-12)13(17)15-7-10-5-3-2-4-6-10/h2-6,8-9H,7H2,1H3,(H,15,17). The van der Waals surface area contributed by atoms with E-state index < -0.39 is 0 Å². The van der Waals surface area contributed by atoms with Gasteiger partial charge in [-0.15, -0.1) is 0 Å². The molecular weight excluding hydrogens is 230 g/mol. The van der Waals surface area contributed by atoms with Crippen LogP contribution in [0.1, 0.15) is 16.1 Å². The summed E-state index contributed by atoms with van der Waals surface area (Å²) >= 11 is 0. The number of methoxy groups -OCH3 is 1. The van der Waals surface area contributed by atoms with Crippen molar-refractivity contribution in [3.63, 3.8) is 0 Å². The maximum atomic E-state index is 11.8. The number of nitrogens with one attached hydrogen (secondary N) is 1. The lowest BCUT2D eigenvalue weighted by molar-refractivity contribution is 0.0944. The van der Waals surface area contributed by atoms with Crippen LogP contribution in [0.25, 0.3) is 0 Å². The third kappa shape index (κ3) is 3.04. The Morgan fingerprint density at radius 2 is 2.06 bits per heavy atom. The Balaban J connectivity index is 1.99. The quantitative estimate of drug-likeness (QED) is 0.882. The lowest BCUT2D eigenvalue weighted by Crippen LogP contribution is -2.24. The van der Waals surface area contributed by atoms with Crippen molar-refractivity contribution >= 4 is 5.91 Å². The molecule has 0 aliphatic rings. The van der Waals surface area contributed by atoms with Crippen molar-refractivity contribution < 1.29 is 9.53 Å². The van der Waals surface area contributed by atoms with E-state index in [0.29, 0.717) is 12.4 Å². The van der Waals surface area contributed by atoms with Gasteiger partial charge in [0, 0.05) is 6.54 Å². The van der Waals surface area contributed by atoms with E-state index in [9.17, 15) is 4.79 Å². The maximum absolute atomic E-state index is 11.8. The number of hydrogen-bond acceptors (Lipinski definition) is 4. The van der Waals surface area contributed by atoms with E-state index in [4.69, 9.17) is 4.74 Å². The van der Waals surface area contributed by atoms with Gasteiger partial charge in [0.05, 0.1) is 19.5 Å². The molecule has 18 heavy (non-hydrogen) atoms. The first-order valence-electron chi connectivity index (χ1n) is 5.48. The monoisotopic (exact) mass is 243 g/mol. The van der Waals surface area contributed by atoms with Crippen LogP contribution < -0.4 is 10.1 Å². The van der Waals surface area contributed by atoms with Gasteiger partial charge in [-0.05, 0) is 5.56 Å². The normalized spacial score (nSPS) is 9.83. The van der Waals surface area contributed by atoms with Gasteiger partial charge in [-0.2, -0.15) is 0 Å². The van der Waals surface area contributed by atoms with Crippen LogP contribution in [0, 0.1) is 0 Å². The molecule has 5 heteroatoms. The highest BCUT2D eigenvalue weighted by atomic mass is 16.5. The summed E-state index contributed by atoms with van der Waals surface area (Å²) < 4.78 is 4.91. The van der Waals surface area contributed by atoms with Gasteiger partial charge in [0.25, 0.3) is 5.91 Å². The second kappa shape index (κ2) is 5.77. The molecule has 2 aromatic rings. The van der Waals surface area contributed by atoms with E-state index in [1.807, 2.05) is 30.3 Å². The van der Waals surface area contributed by atoms with E-state index >= 15 is 0 Å². The molecule has 0 fully saturated rings. The molecule has 0 radical (unpaired) electrons. The van der Waals surface area contributed by atoms with Crippen molar-refractivity contribution in [2.75, 3.05) is 7.11 Å². The first kappa shape index (κ1) is 12.0. The molecule has 0 bridgehead atoms. The molecule has 2 rings (SSSR count). The predicted octanol–water partition coefficient (Wildman–Crippen LogP) is 1.42. The van der Waals surface area contributed by atoms with Crippen molar-refractivity contribution in [3.8, 4) is 5.88 Å². The molecule has 1 amide bonds. The smallest absolute Gasteiger partial charge is 0.271 e. The zero-order valence-corrected chi connectivity index (χ0v) is 9.96. The van der Waals surface area contributed by atoms with Crippen LogP contribution in [0.15, 0.2) is 42.7 Å². The van der Waals surface area contributed by atoms with Crippen molar-refractivity contribution in [1.29, 1.82) is 0 Å². The third-order valence-corrected chi connectivity index (χ3v) is 2.35. The molecule has 1 aromatic heterocycles. The molecule has 0 saturated heterocycles. The number of hydrogen-bond donors (Lipinski definition) is 1. The Kier molecular flexibility index (Phi) is 3.86. The van der Waals surface area contributed by atoms with Gasteiger partial charge >= 0.3 is 0 Å². The molecule has 0 aliphatic heterocycles. The first-order valence-corrected chi connectivity index (χ1v) is 5.48. The number of nitrogens with zero attached hydrogens (tertiary/aromatic N) is 2. The summed E-state index contributed by atoms with van der Waals surface area (Å²) in [7, 11) is 1.48. The van der Waals surface area contributed by atoms with Crippen LogP contribution in [0.2, 0.25) is 0 Å². The van der Waals surface area contributed by atoms with Gasteiger partial charge in [-0.3, -0.25) is 9.78 Å². The first-order chi connectivity index (χ1) is 8.79. The minimum Gasteiger partial charge on any atom is -0.480 e. The van der Waals surface area contributed by atoms with E-state index in [1.165, 1.54) is 19.5 Å². The number of ether oxygens (including phenoxy) is 1. The summed E-state index contributed by atoms with van der Waals surface area (Å²) in [5, 5.41) is 2.77. The third-order valence-electron chi connectivity index (χ3n) is 2.35. The van der Waals surface area contributed by atoms with Crippen molar-refractivity contribution in [3.05, 3.63) is 54.0 Å². The van der Waals surface area contributed by atoms with Crippen LogP contribution in [-0.2, 0) is 6.54 Å². The van der Waals surface area contributed by atoms with Gasteiger partial charge in [-0.25, -0.2) is 4.98 Å². The molecule has 0 saturated carbocycles. The fourth-order valence-electron chi connectivity index (χ4n) is 1.42. The summed E-state index contributed by atoms with van der Waals surface area (Å²) in [6, 6.07) is 9.66.